The Morgan fingerprint density at radius 1 is 1.04 bits per heavy atom. The van der Waals surface area contributed by atoms with Crippen molar-refractivity contribution in [3.05, 3.63) is 48.1 Å². The Morgan fingerprint density at radius 3 is 2.62 bits per heavy atom. The lowest BCUT2D eigenvalue weighted by Crippen LogP contribution is -2.35. The van der Waals surface area contributed by atoms with Gasteiger partial charge in [-0.2, -0.15) is 0 Å². The molecule has 0 spiro atoms. The van der Waals surface area contributed by atoms with Gasteiger partial charge >= 0.3 is 0 Å². The molecule has 3 aromatic rings. The molecule has 4 rings (SSSR count). The number of rotatable bonds is 5. The molecule has 1 aliphatic rings. The van der Waals surface area contributed by atoms with E-state index in [1.165, 1.54) is 6.42 Å². The summed E-state index contributed by atoms with van der Waals surface area (Å²) in [5.74, 6) is 4.58. The first-order valence-electron chi connectivity index (χ1n) is 9.16. The van der Waals surface area contributed by atoms with E-state index in [4.69, 9.17) is 0 Å². The molecular weight excluding hydrogens is 328 g/mol. The van der Waals surface area contributed by atoms with E-state index in [9.17, 15) is 0 Å². The van der Waals surface area contributed by atoms with Gasteiger partial charge in [-0.25, -0.2) is 9.97 Å². The molecule has 3 aromatic heterocycles. The van der Waals surface area contributed by atoms with Crippen molar-refractivity contribution in [2.45, 2.75) is 38.8 Å². The van der Waals surface area contributed by atoms with Gasteiger partial charge < -0.3 is 13.7 Å². The van der Waals surface area contributed by atoms with Gasteiger partial charge in [-0.05, 0) is 26.3 Å². The van der Waals surface area contributed by atoms with Gasteiger partial charge in [-0.3, -0.25) is 4.90 Å². The van der Waals surface area contributed by atoms with Crippen molar-refractivity contribution < 1.29 is 0 Å². The molecule has 1 fully saturated rings. The third-order valence-corrected chi connectivity index (χ3v) is 5.39. The maximum Gasteiger partial charge on any atom is 0.152 e. The van der Waals surface area contributed by atoms with E-state index in [2.05, 4.69) is 52.9 Å². The van der Waals surface area contributed by atoms with Gasteiger partial charge in [0.05, 0.1) is 13.1 Å². The molecule has 1 unspecified atom stereocenters. The second-order valence-electron chi connectivity index (χ2n) is 7.16. The number of aromatic nitrogens is 7. The molecule has 1 atom stereocenters. The molecule has 26 heavy (non-hydrogen) atoms. The van der Waals surface area contributed by atoms with Gasteiger partial charge in [0.15, 0.2) is 5.82 Å². The largest absolute Gasteiger partial charge is 0.337 e. The Morgan fingerprint density at radius 2 is 1.88 bits per heavy atom. The quantitative estimate of drug-likeness (QED) is 0.694. The van der Waals surface area contributed by atoms with Crippen LogP contribution in [0.15, 0.2) is 24.8 Å². The lowest BCUT2D eigenvalue weighted by atomic mass is 9.97. The van der Waals surface area contributed by atoms with Crippen molar-refractivity contribution in [3.63, 3.8) is 0 Å². The van der Waals surface area contributed by atoms with Crippen LogP contribution in [0, 0.1) is 6.92 Å². The zero-order valence-corrected chi connectivity index (χ0v) is 15.7. The first kappa shape index (κ1) is 17.0. The molecule has 0 N–H and O–H groups in total. The Balaban J connectivity index is 1.47. The monoisotopic (exact) mass is 354 g/mol. The number of nitrogens with zero attached hydrogens (tertiary/aromatic N) is 8. The van der Waals surface area contributed by atoms with Crippen LogP contribution in [0.2, 0.25) is 0 Å². The minimum Gasteiger partial charge on any atom is -0.337 e. The third-order valence-electron chi connectivity index (χ3n) is 5.39. The number of hydrogen-bond acceptors (Lipinski definition) is 5. The molecule has 0 aromatic carbocycles. The van der Waals surface area contributed by atoms with Crippen molar-refractivity contribution in [3.8, 4) is 0 Å². The number of imidazole rings is 2. The van der Waals surface area contributed by atoms with Crippen LogP contribution in [0.25, 0.3) is 0 Å². The summed E-state index contributed by atoms with van der Waals surface area (Å²) in [5.41, 5.74) is 0. The van der Waals surface area contributed by atoms with Crippen LogP contribution in [-0.4, -0.2) is 51.9 Å². The predicted molar refractivity (Wildman–Crippen MR) is 97.5 cm³/mol. The van der Waals surface area contributed by atoms with E-state index in [-0.39, 0.29) is 0 Å². The van der Waals surface area contributed by atoms with Crippen molar-refractivity contribution in [2.75, 3.05) is 13.1 Å². The molecule has 1 saturated heterocycles. The molecule has 0 amide bonds. The minimum atomic E-state index is 0.416. The van der Waals surface area contributed by atoms with Crippen LogP contribution in [0.5, 0.6) is 0 Å². The maximum atomic E-state index is 4.53. The van der Waals surface area contributed by atoms with Gasteiger partial charge in [0.2, 0.25) is 0 Å². The molecule has 0 aliphatic carbocycles. The summed E-state index contributed by atoms with van der Waals surface area (Å²) < 4.78 is 6.36. The minimum absolute atomic E-state index is 0.416. The third kappa shape index (κ3) is 3.29. The zero-order valence-electron chi connectivity index (χ0n) is 15.7. The summed E-state index contributed by atoms with van der Waals surface area (Å²) in [6.45, 7) is 5.72. The van der Waals surface area contributed by atoms with Gasteiger partial charge in [0, 0.05) is 51.3 Å². The van der Waals surface area contributed by atoms with Crippen LogP contribution < -0.4 is 0 Å². The van der Waals surface area contributed by atoms with E-state index in [1.807, 2.05) is 31.7 Å². The van der Waals surface area contributed by atoms with E-state index in [1.54, 1.807) is 0 Å². The standard InChI is InChI=1S/C18H26N8/c1-14-19-7-10-26(14)13-17-21-22-18(24(17)3)15-5-4-8-25(11-15)12-16-20-6-9-23(16)2/h6-7,9-10,15H,4-5,8,11-13H2,1-3H3. The lowest BCUT2D eigenvalue weighted by molar-refractivity contribution is 0.189. The van der Waals surface area contributed by atoms with Crippen molar-refractivity contribution >= 4 is 0 Å². The number of hydrogen-bond donors (Lipinski definition) is 0. The molecule has 138 valence electrons. The second kappa shape index (κ2) is 7.03. The smallest absolute Gasteiger partial charge is 0.152 e. The summed E-state index contributed by atoms with van der Waals surface area (Å²) >= 11 is 0. The molecule has 0 bridgehead atoms. The van der Waals surface area contributed by atoms with Gasteiger partial charge in [0.25, 0.3) is 0 Å². The topological polar surface area (TPSA) is 69.6 Å². The van der Waals surface area contributed by atoms with Crippen molar-refractivity contribution in [1.29, 1.82) is 0 Å². The zero-order chi connectivity index (χ0) is 18.1. The summed E-state index contributed by atoms with van der Waals surface area (Å²) in [4.78, 5) is 11.2. The average Bonchev–Trinajstić information content (AvgIpc) is 3.32. The highest BCUT2D eigenvalue weighted by molar-refractivity contribution is 5.06. The Hall–Kier alpha value is -2.48. The highest BCUT2D eigenvalue weighted by Gasteiger charge is 2.26. The molecule has 0 saturated carbocycles. The SMILES string of the molecule is Cc1nccn1Cc1nnc(C2CCCN(Cc3nccn3C)C2)n1C. The first-order chi connectivity index (χ1) is 12.6. The van der Waals surface area contributed by atoms with Crippen molar-refractivity contribution in [1.82, 2.24) is 38.8 Å². The Bertz CT molecular complexity index is 874. The molecule has 0 radical (unpaired) electrons. The van der Waals surface area contributed by atoms with E-state index in [0.717, 1.165) is 49.4 Å². The normalized spacial score (nSPS) is 18.5. The van der Waals surface area contributed by atoms with Crippen LogP contribution in [0.3, 0.4) is 0 Å². The molecule has 1 aliphatic heterocycles. The van der Waals surface area contributed by atoms with E-state index < -0.39 is 0 Å². The number of aryl methyl sites for hydroxylation is 2. The van der Waals surface area contributed by atoms with Gasteiger partial charge in [-0.1, -0.05) is 0 Å². The predicted octanol–water partition coefficient (Wildman–Crippen LogP) is 1.48. The maximum absolute atomic E-state index is 4.53. The molecule has 8 heteroatoms. The van der Waals surface area contributed by atoms with E-state index >= 15 is 0 Å². The molecule has 8 nitrogen and oxygen atoms in total. The summed E-state index contributed by atoms with van der Waals surface area (Å²) in [6, 6.07) is 0. The number of likely N-dealkylation sites (tertiary alicyclic amines) is 1. The van der Waals surface area contributed by atoms with Crippen LogP contribution in [0.1, 0.15) is 42.1 Å². The molecule has 4 heterocycles. The fourth-order valence-corrected chi connectivity index (χ4v) is 3.75. The average molecular weight is 354 g/mol. The molecular formula is C18H26N8. The number of piperidine rings is 1. The fourth-order valence-electron chi connectivity index (χ4n) is 3.75. The second-order valence-corrected chi connectivity index (χ2v) is 7.16. The first-order valence-corrected chi connectivity index (χ1v) is 9.16. The lowest BCUT2D eigenvalue weighted by Gasteiger charge is -2.31. The van der Waals surface area contributed by atoms with Crippen LogP contribution >= 0.6 is 0 Å². The van der Waals surface area contributed by atoms with Gasteiger partial charge in [0.1, 0.15) is 17.5 Å². The summed E-state index contributed by atoms with van der Waals surface area (Å²) in [6.07, 6.45) is 10.0. The highest BCUT2D eigenvalue weighted by atomic mass is 15.3. The summed E-state index contributed by atoms with van der Waals surface area (Å²) in [5, 5.41) is 8.98. The van der Waals surface area contributed by atoms with E-state index in [0.29, 0.717) is 12.5 Å². The van der Waals surface area contributed by atoms with Crippen molar-refractivity contribution in [2.24, 2.45) is 14.1 Å². The Kier molecular flexibility index (Phi) is 4.58. The Labute approximate surface area is 153 Å². The van der Waals surface area contributed by atoms with Gasteiger partial charge in [-0.15, -0.1) is 10.2 Å². The fraction of sp³-hybridized carbons (Fsp3) is 0.556. The van der Waals surface area contributed by atoms with Crippen LogP contribution in [0.4, 0.5) is 0 Å². The highest BCUT2D eigenvalue weighted by Crippen LogP contribution is 2.26. The van der Waals surface area contributed by atoms with Crippen LogP contribution in [-0.2, 0) is 27.2 Å². The summed E-state index contributed by atoms with van der Waals surface area (Å²) in [7, 11) is 4.13.